The molecule has 0 saturated heterocycles. The molecule has 0 unspecified atom stereocenters. The van der Waals surface area contributed by atoms with Crippen LogP contribution in [-0.4, -0.2) is 24.5 Å². The Bertz CT molecular complexity index is 2860. The highest BCUT2D eigenvalue weighted by Gasteiger charge is 2.19. The van der Waals surface area contributed by atoms with Gasteiger partial charge in [0.2, 0.25) is 0 Å². The highest BCUT2D eigenvalue weighted by molar-refractivity contribution is 6.20. The van der Waals surface area contributed by atoms with E-state index in [2.05, 4.69) is 126 Å². The van der Waals surface area contributed by atoms with Crippen LogP contribution in [0.5, 0.6) is 0 Å². The van der Waals surface area contributed by atoms with E-state index in [1.165, 1.54) is 16.2 Å². The maximum atomic E-state index is 5.22. The molecule has 0 atom stereocenters. The third-order valence-electron chi connectivity index (χ3n) is 9.81. The van der Waals surface area contributed by atoms with Gasteiger partial charge >= 0.3 is 0 Å². The van der Waals surface area contributed by atoms with E-state index in [1.807, 2.05) is 66.7 Å². The van der Waals surface area contributed by atoms with Crippen molar-refractivity contribution in [2.24, 2.45) is 0 Å². The lowest BCUT2D eigenvalue weighted by Gasteiger charge is -2.13. The second kappa shape index (κ2) is 12.8. The Kier molecular flexibility index (Phi) is 7.40. The average Bonchev–Trinajstić information content (AvgIpc) is 3.64. The van der Waals surface area contributed by atoms with E-state index in [1.54, 1.807) is 0 Å². The number of nitrogens with zero attached hydrogens (tertiary/aromatic N) is 5. The van der Waals surface area contributed by atoms with E-state index in [0.29, 0.717) is 17.5 Å². The molecule has 10 rings (SSSR count). The lowest BCUT2D eigenvalue weighted by Crippen LogP contribution is -2.00. The van der Waals surface area contributed by atoms with Gasteiger partial charge in [-0.2, -0.15) is 0 Å². The molecule has 0 saturated carbocycles. The van der Waals surface area contributed by atoms with Gasteiger partial charge in [-0.15, -0.1) is 0 Å². The largest absolute Gasteiger partial charge is 0.292 e. The first kappa shape index (κ1) is 30.6. The minimum absolute atomic E-state index is 0.636. The molecule has 2 heterocycles. The van der Waals surface area contributed by atoms with Crippen molar-refractivity contribution in [3.05, 3.63) is 188 Å². The monoisotopic (exact) mass is 677 g/mol. The van der Waals surface area contributed by atoms with Crippen molar-refractivity contribution in [3.63, 3.8) is 0 Å². The number of hydrogen-bond acceptors (Lipinski definition) is 4. The number of aromatic nitrogens is 5. The summed E-state index contributed by atoms with van der Waals surface area (Å²) in [6.07, 6.45) is 0. The topological polar surface area (TPSA) is 56.5 Å². The number of fused-ring (bicyclic) bond motifs is 5. The Morgan fingerprint density at radius 3 is 1.51 bits per heavy atom. The molecule has 0 N–H and O–H groups in total. The van der Waals surface area contributed by atoms with Crippen LogP contribution in [0.3, 0.4) is 0 Å². The summed E-state index contributed by atoms with van der Waals surface area (Å²) in [6, 6.07) is 65.2. The van der Waals surface area contributed by atoms with Crippen molar-refractivity contribution in [2.45, 2.75) is 0 Å². The van der Waals surface area contributed by atoms with Gasteiger partial charge in [0.05, 0.1) is 11.0 Å². The molecule has 0 aliphatic heterocycles. The minimum Gasteiger partial charge on any atom is -0.292 e. The quantitative estimate of drug-likeness (QED) is 0.164. The van der Waals surface area contributed by atoms with E-state index in [-0.39, 0.29) is 0 Å². The van der Waals surface area contributed by atoms with Crippen molar-refractivity contribution in [3.8, 4) is 62.4 Å². The maximum Gasteiger partial charge on any atom is 0.164 e. The van der Waals surface area contributed by atoms with Crippen LogP contribution < -0.4 is 0 Å². The summed E-state index contributed by atoms with van der Waals surface area (Å²) in [6.45, 7) is 0. The van der Waals surface area contributed by atoms with Crippen LogP contribution in [0.2, 0.25) is 0 Å². The van der Waals surface area contributed by atoms with Gasteiger partial charge in [0.1, 0.15) is 5.82 Å². The molecule has 0 aliphatic carbocycles. The lowest BCUT2D eigenvalue weighted by atomic mass is 9.96. The summed E-state index contributed by atoms with van der Waals surface area (Å²) in [7, 11) is 0. The van der Waals surface area contributed by atoms with Gasteiger partial charge in [-0.05, 0) is 57.6 Å². The van der Waals surface area contributed by atoms with Gasteiger partial charge in [-0.25, -0.2) is 19.9 Å². The van der Waals surface area contributed by atoms with Crippen molar-refractivity contribution in [2.75, 3.05) is 0 Å². The molecule has 0 bridgehead atoms. The summed E-state index contributed by atoms with van der Waals surface area (Å²) in [5.74, 6) is 2.86. The third-order valence-corrected chi connectivity index (χ3v) is 9.81. The van der Waals surface area contributed by atoms with E-state index in [0.717, 1.165) is 61.3 Å². The predicted octanol–water partition coefficient (Wildman–Crippen LogP) is 11.9. The van der Waals surface area contributed by atoms with Crippen molar-refractivity contribution < 1.29 is 0 Å². The zero-order valence-corrected chi connectivity index (χ0v) is 28.6. The fraction of sp³-hybridized carbons (Fsp3) is 0. The number of imidazole rings is 1. The fourth-order valence-electron chi connectivity index (χ4n) is 7.28. The Balaban J connectivity index is 1.12. The van der Waals surface area contributed by atoms with Gasteiger partial charge in [0.25, 0.3) is 0 Å². The van der Waals surface area contributed by atoms with Crippen molar-refractivity contribution >= 4 is 32.6 Å². The summed E-state index contributed by atoms with van der Waals surface area (Å²) >= 11 is 0. The summed E-state index contributed by atoms with van der Waals surface area (Å²) < 4.78 is 2.31. The van der Waals surface area contributed by atoms with Crippen LogP contribution in [-0.2, 0) is 0 Å². The lowest BCUT2D eigenvalue weighted by molar-refractivity contribution is 1.07. The maximum absolute atomic E-state index is 5.22. The van der Waals surface area contributed by atoms with E-state index in [4.69, 9.17) is 19.9 Å². The molecule has 10 aromatic rings. The van der Waals surface area contributed by atoms with Crippen LogP contribution in [0, 0.1) is 0 Å². The minimum atomic E-state index is 0.636. The van der Waals surface area contributed by atoms with Crippen LogP contribution in [0.4, 0.5) is 0 Å². The molecule has 53 heavy (non-hydrogen) atoms. The first-order valence-electron chi connectivity index (χ1n) is 17.7. The van der Waals surface area contributed by atoms with Crippen LogP contribution in [0.25, 0.3) is 94.9 Å². The fourth-order valence-corrected chi connectivity index (χ4v) is 7.28. The van der Waals surface area contributed by atoms with Gasteiger partial charge in [0, 0.05) is 33.3 Å². The molecular formula is C48H31N5. The average molecular weight is 678 g/mol. The normalized spacial score (nSPS) is 11.4. The van der Waals surface area contributed by atoms with Gasteiger partial charge in [-0.1, -0.05) is 158 Å². The molecule has 0 radical (unpaired) electrons. The first-order valence-corrected chi connectivity index (χ1v) is 17.7. The second-order valence-corrected chi connectivity index (χ2v) is 13.1. The smallest absolute Gasteiger partial charge is 0.164 e. The summed E-state index contributed by atoms with van der Waals surface area (Å²) in [5, 5.41) is 4.70. The highest BCUT2D eigenvalue weighted by atomic mass is 15.1. The molecule has 2 aromatic heterocycles. The van der Waals surface area contributed by atoms with Crippen molar-refractivity contribution in [1.29, 1.82) is 0 Å². The predicted molar refractivity (Wildman–Crippen MR) is 217 cm³/mol. The molecule has 0 amide bonds. The zero-order chi connectivity index (χ0) is 35.1. The standard InChI is InChI=1S/C48H31N5/c1-5-14-33(15-6-1)45-50-46(34-16-7-2-8-17-34)52-47(51-45)39-21-13-20-36(31-39)37-26-28-41-38(30-37)25-24-32-27-29-42-44(43(32)41)53(40-22-11-4-12-23-40)48(49-42)35-18-9-3-10-19-35/h1-31H. The second-order valence-electron chi connectivity index (χ2n) is 13.1. The van der Waals surface area contributed by atoms with E-state index >= 15 is 0 Å². The number of benzene rings is 8. The molecule has 8 aromatic carbocycles. The van der Waals surface area contributed by atoms with E-state index < -0.39 is 0 Å². The number of hydrogen-bond donors (Lipinski definition) is 0. The summed E-state index contributed by atoms with van der Waals surface area (Å²) in [4.78, 5) is 20.0. The Hall–Kier alpha value is -7.24. The van der Waals surface area contributed by atoms with Gasteiger partial charge < -0.3 is 0 Å². The first-order chi connectivity index (χ1) is 26.3. The molecule has 5 nitrogen and oxygen atoms in total. The Morgan fingerprint density at radius 1 is 0.340 bits per heavy atom. The molecule has 248 valence electrons. The van der Waals surface area contributed by atoms with Crippen molar-refractivity contribution in [1.82, 2.24) is 24.5 Å². The molecule has 5 heteroatoms. The number of para-hydroxylation sites is 1. The van der Waals surface area contributed by atoms with E-state index in [9.17, 15) is 0 Å². The molecular weight excluding hydrogens is 647 g/mol. The summed E-state index contributed by atoms with van der Waals surface area (Å²) in [5.41, 5.74) is 9.26. The van der Waals surface area contributed by atoms with Gasteiger partial charge in [0.15, 0.2) is 17.5 Å². The third kappa shape index (κ3) is 5.52. The van der Waals surface area contributed by atoms with Crippen LogP contribution in [0.1, 0.15) is 0 Å². The zero-order valence-electron chi connectivity index (χ0n) is 28.6. The SMILES string of the molecule is c1ccc(-c2nc(-c3ccccc3)nc(-c3cccc(-c4ccc5c(ccc6ccc7nc(-c8ccccc8)n(-c8ccccc8)c7c65)c4)c3)n2)cc1. The number of rotatable bonds is 6. The molecule has 0 spiro atoms. The molecule has 0 fully saturated rings. The molecule has 0 aliphatic rings. The van der Waals surface area contributed by atoms with Crippen LogP contribution >= 0.6 is 0 Å². The van der Waals surface area contributed by atoms with Gasteiger partial charge in [-0.3, -0.25) is 4.57 Å². The Morgan fingerprint density at radius 2 is 0.849 bits per heavy atom. The van der Waals surface area contributed by atoms with Crippen LogP contribution in [0.15, 0.2) is 188 Å². The Labute approximate surface area is 306 Å². The highest BCUT2D eigenvalue weighted by Crippen LogP contribution is 2.38.